The lowest BCUT2D eigenvalue weighted by Gasteiger charge is -2.28. The SMILES string of the molecule is CCOCCCN1C(=O)C(c2ccc3occc3c2)C(C(=O)OCC)C1c1ccc(OC)cc1. The number of esters is 1. The monoisotopic (exact) mass is 465 g/mol. The number of hydrogen-bond donors (Lipinski definition) is 0. The van der Waals surface area contributed by atoms with E-state index < -0.39 is 17.9 Å². The Kier molecular flexibility index (Phi) is 7.53. The van der Waals surface area contributed by atoms with E-state index in [2.05, 4.69) is 0 Å². The first-order valence-corrected chi connectivity index (χ1v) is 11.7. The van der Waals surface area contributed by atoms with Crippen molar-refractivity contribution in [3.05, 3.63) is 65.9 Å². The largest absolute Gasteiger partial charge is 0.497 e. The van der Waals surface area contributed by atoms with E-state index >= 15 is 0 Å². The van der Waals surface area contributed by atoms with Gasteiger partial charge in [-0.15, -0.1) is 0 Å². The Balaban J connectivity index is 1.78. The van der Waals surface area contributed by atoms with Crippen LogP contribution in [0.5, 0.6) is 5.75 Å². The zero-order valence-corrected chi connectivity index (χ0v) is 19.9. The molecule has 0 spiro atoms. The van der Waals surface area contributed by atoms with Gasteiger partial charge in [-0.3, -0.25) is 9.59 Å². The molecule has 0 saturated carbocycles. The van der Waals surface area contributed by atoms with Gasteiger partial charge in [0.25, 0.3) is 0 Å². The van der Waals surface area contributed by atoms with Gasteiger partial charge in [0.2, 0.25) is 5.91 Å². The van der Waals surface area contributed by atoms with Crippen LogP contribution < -0.4 is 4.74 Å². The van der Waals surface area contributed by atoms with Gasteiger partial charge in [-0.25, -0.2) is 0 Å². The fourth-order valence-electron chi connectivity index (χ4n) is 4.80. The summed E-state index contributed by atoms with van der Waals surface area (Å²) in [6, 6.07) is 14.6. The normalized spacial score (nSPS) is 20.1. The molecule has 0 N–H and O–H groups in total. The molecule has 0 radical (unpaired) electrons. The van der Waals surface area contributed by atoms with Crippen molar-refractivity contribution in [1.29, 1.82) is 0 Å². The average Bonchev–Trinajstić information content (AvgIpc) is 3.44. The molecule has 0 aliphatic carbocycles. The Bertz CT molecular complexity index is 1120. The number of furan rings is 1. The van der Waals surface area contributed by atoms with Gasteiger partial charge in [-0.2, -0.15) is 0 Å². The number of carbonyl (C=O) groups is 2. The highest BCUT2D eigenvalue weighted by Gasteiger charge is 2.53. The number of rotatable bonds is 10. The van der Waals surface area contributed by atoms with Crippen molar-refractivity contribution in [3.63, 3.8) is 0 Å². The molecular formula is C27H31NO6. The molecule has 1 aliphatic rings. The van der Waals surface area contributed by atoms with E-state index in [9.17, 15) is 9.59 Å². The van der Waals surface area contributed by atoms with E-state index in [0.717, 1.165) is 22.1 Å². The molecule has 2 heterocycles. The molecule has 1 saturated heterocycles. The highest BCUT2D eigenvalue weighted by atomic mass is 16.5. The second-order valence-electron chi connectivity index (χ2n) is 8.27. The fraction of sp³-hybridized carbons (Fsp3) is 0.407. The molecule has 0 bridgehead atoms. The molecule has 180 valence electrons. The van der Waals surface area contributed by atoms with Crippen LogP contribution in [-0.4, -0.2) is 50.3 Å². The van der Waals surface area contributed by atoms with E-state index in [0.29, 0.717) is 31.9 Å². The molecule has 7 heteroatoms. The maximum atomic E-state index is 13.9. The van der Waals surface area contributed by atoms with Crippen molar-refractivity contribution in [1.82, 2.24) is 4.90 Å². The van der Waals surface area contributed by atoms with Crippen molar-refractivity contribution in [3.8, 4) is 5.75 Å². The van der Waals surface area contributed by atoms with Crippen LogP contribution in [0.3, 0.4) is 0 Å². The Hall–Kier alpha value is -3.32. The molecule has 34 heavy (non-hydrogen) atoms. The van der Waals surface area contributed by atoms with E-state index in [4.69, 9.17) is 18.6 Å². The number of benzene rings is 2. The Labute approximate surface area is 199 Å². The smallest absolute Gasteiger partial charge is 0.312 e. The number of amides is 1. The maximum Gasteiger partial charge on any atom is 0.312 e. The number of ether oxygens (including phenoxy) is 3. The van der Waals surface area contributed by atoms with Crippen LogP contribution in [-0.2, 0) is 19.1 Å². The van der Waals surface area contributed by atoms with Gasteiger partial charge in [0, 0.05) is 25.1 Å². The standard InChI is InChI=1S/C27H31NO6/c1-4-32-15-6-14-28-25(18-7-10-21(31-3)11-8-18)24(27(30)33-5-2)23(26(28)29)20-9-12-22-19(17-20)13-16-34-22/h7-13,16-17,23-25H,4-6,14-15H2,1-3H3. The first-order valence-electron chi connectivity index (χ1n) is 11.7. The molecule has 1 amide bonds. The number of carbonyl (C=O) groups excluding carboxylic acids is 2. The van der Waals surface area contributed by atoms with Gasteiger partial charge in [0.05, 0.1) is 37.9 Å². The molecule has 1 fully saturated rings. The Morgan fingerprint density at radius 1 is 1.03 bits per heavy atom. The lowest BCUT2D eigenvalue weighted by molar-refractivity contribution is -0.149. The summed E-state index contributed by atoms with van der Waals surface area (Å²) in [5.74, 6) is -1.08. The molecule has 4 rings (SSSR count). The van der Waals surface area contributed by atoms with Crippen LogP contribution in [0.2, 0.25) is 0 Å². The molecule has 3 unspecified atom stereocenters. The second-order valence-corrected chi connectivity index (χ2v) is 8.27. The third-order valence-corrected chi connectivity index (χ3v) is 6.33. The highest BCUT2D eigenvalue weighted by Crippen LogP contribution is 2.48. The number of nitrogens with zero attached hydrogens (tertiary/aromatic N) is 1. The molecule has 1 aliphatic heterocycles. The topological polar surface area (TPSA) is 78.2 Å². The minimum Gasteiger partial charge on any atom is -0.497 e. The van der Waals surface area contributed by atoms with E-state index in [1.165, 1.54) is 0 Å². The summed E-state index contributed by atoms with van der Waals surface area (Å²) in [7, 11) is 1.61. The van der Waals surface area contributed by atoms with Crippen molar-refractivity contribution < 1.29 is 28.2 Å². The predicted molar refractivity (Wildman–Crippen MR) is 128 cm³/mol. The summed E-state index contributed by atoms with van der Waals surface area (Å²) in [5, 5.41) is 0.892. The van der Waals surface area contributed by atoms with Crippen LogP contribution in [0.4, 0.5) is 0 Å². The minimum absolute atomic E-state index is 0.0850. The van der Waals surface area contributed by atoms with Gasteiger partial charge >= 0.3 is 5.97 Å². The Morgan fingerprint density at radius 3 is 2.50 bits per heavy atom. The van der Waals surface area contributed by atoms with Gasteiger partial charge in [0.15, 0.2) is 0 Å². The summed E-state index contributed by atoms with van der Waals surface area (Å²) in [6.45, 7) is 5.62. The first-order chi connectivity index (χ1) is 16.6. The second kappa shape index (κ2) is 10.7. The molecule has 3 atom stereocenters. The zero-order chi connectivity index (χ0) is 24.1. The van der Waals surface area contributed by atoms with Gasteiger partial charge in [-0.1, -0.05) is 18.2 Å². The lowest BCUT2D eigenvalue weighted by Crippen LogP contribution is -2.32. The maximum absolute atomic E-state index is 13.9. The molecule has 2 aromatic carbocycles. The number of likely N-dealkylation sites (tertiary alicyclic amines) is 1. The highest BCUT2D eigenvalue weighted by molar-refractivity contribution is 5.95. The molecule has 7 nitrogen and oxygen atoms in total. The van der Waals surface area contributed by atoms with Crippen molar-refractivity contribution in [2.75, 3.05) is 33.5 Å². The van der Waals surface area contributed by atoms with Crippen molar-refractivity contribution in [2.24, 2.45) is 5.92 Å². The summed E-state index contributed by atoms with van der Waals surface area (Å²) >= 11 is 0. The lowest BCUT2D eigenvalue weighted by atomic mass is 9.82. The van der Waals surface area contributed by atoms with Gasteiger partial charge in [-0.05, 0) is 61.7 Å². The predicted octanol–water partition coefficient (Wildman–Crippen LogP) is 4.71. The summed E-state index contributed by atoms with van der Waals surface area (Å²) in [6.07, 6.45) is 2.29. The third kappa shape index (κ3) is 4.66. The van der Waals surface area contributed by atoms with Crippen LogP contribution in [0.25, 0.3) is 11.0 Å². The zero-order valence-electron chi connectivity index (χ0n) is 19.9. The van der Waals surface area contributed by atoms with E-state index in [1.54, 1.807) is 20.3 Å². The Morgan fingerprint density at radius 2 is 1.79 bits per heavy atom. The van der Waals surface area contributed by atoms with E-state index in [1.807, 2.05) is 60.4 Å². The average molecular weight is 466 g/mol. The van der Waals surface area contributed by atoms with Crippen molar-refractivity contribution >= 4 is 22.8 Å². The van der Waals surface area contributed by atoms with E-state index in [-0.39, 0.29) is 18.5 Å². The number of fused-ring (bicyclic) bond motifs is 1. The van der Waals surface area contributed by atoms with Crippen LogP contribution in [0, 0.1) is 5.92 Å². The molecular weight excluding hydrogens is 434 g/mol. The summed E-state index contributed by atoms with van der Waals surface area (Å²) in [4.78, 5) is 29.1. The fourth-order valence-corrected chi connectivity index (χ4v) is 4.80. The first kappa shape index (κ1) is 23.8. The molecule has 1 aromatic heterocycles. The summed E-state index contributed by atoms with van der Waals surface area (Å²) in [5.41, 5.74) is 2.39. The number of methoxy groups -OCH3 is 1. The van der Waals surface area contributed by atoms with Crippen LogP contribution in [0.1, 0.15) is 43.4 Å². The number of hydrogen-bond acceptors (Lipinski definition) is 6. The molecule has 3 aromatic rings. The minimum atomic E-state index is -0.683. The summed E-state index contributed by atoms with van der Waals surface area (Å²) < 4.78 is 21.8. The van der Waals surface area contributed by atoms with Gasteiger partial charge < -0.3 is 23.5 Å². The third-order valence-electron chi connectivity index (χ3n) is 6.33. The van der Waals surface area contributed by atoms with Crippen LogP contribution >= 0.6 is 0 Å². The van der Waals surface area contributed by atoms with Gasteiger partial charge in [0.1, 0.15) is 11.3 Å². The van der Waals surface area contributed by atoms with Crippen LogP contribution in [0.15, 0.2) is 59.2 Å². The quantitative estimate of drug-likeness (QED) is 0.319. The van der Waals surface area contributed by atoms with Crippen molar-refractivity contribution in [2.45, 2.75) is 32.2 Å².